The van der Waals surface area contributed by atoms with Gasteiger partial charge in [-0.1, -0.05) is 35.5 Å². The first kappa shape index (κ1) is 18.6. The lowest BCUT2D eigenvalue weighted by Gasteiger charge is -2.09. The van der Waals surface area contributed by atoms with Crippen molar-refractivity contribution in [3.05, 3.63) is 53.6 Å². The number of carbonyl (C=O) groups is 1. The molecule has 0 atom stereocenters. The molecule has 136 valence electrons. The van der Waals surface area contributed by atoms with E-state index >= 15 is 0 Å². The van der Waals surface area contributed by atoms with Gasteiger partial charge in [0, 0.05) is 10.8 Å². The highest BCUT2D eigenvalue weighted by molar-refractivity contribution is 7.99. The summed E-state index contributed by atoms with van der Waals surface area (Å²) in [6.07, 6.45) is 0. The number of esters is 1. The molecule has 0 fully saturated rings. The summed E-state index contributed by atoms with van der Waals surface area (Å²) in [6, 6.07) is 15.0. The van der Waals surface area contributed by atoms with Crippen LogP contribution in [0, 0.1) is 0 Å². The molecule has 0 amide bonds. The molecule has 5 nitrogen and oxygen atoms in total. The maximum atomic E-state index is 11.9. The Morgan fingerprint density at radius 3 is 2.73 bits per heavy atom. The van der Waals surface area contributed by atoms with E-state index in [9.17, 15) is 4.79 Å². The lowest BCUT2D eigenvalue weighted by molar-refractivity contribution is -0.143. The average molecular weight is 391 g/mol. The van der Waals surface area contributed by atoms with Gasteiger partial charge in [-0.2, -0.15) is 0 Å². The highest BCUT2D eigenvalue weighted by Gasteiger charge is 2.14. The Balaban J connectivity index is 1.66. The first-order valence-corrected chi connectivity index (χ1v) is 9.66. The van der Waals surface area contributed by atoms with Crippen molar-refractivity contribution >= 4 is 40.4 Å². The van der Waals surface area contributed by atoms with Crippen molar-refractivity contribution in [1.29, 1.82) is 0 Å². The molecule has 3 rings (SSSR count). The van der Waals surface area contributed by atoms with Gasteiger partial charge in [0.2, 0.25) is 0 Å². The predicted molar refractivity (Wildman–Crippen MR) is 104 cm³/mol. The van der Waals surface area contributed by atoms with Crippen LogP contribution in [0.4, 0.5) is 0 Å². The molecule has 1 aromatic heterocycles. The molecule has 0 aliphatic rings. The van der Waals surface area contributed by atoms with Crippen molar-refractivity contribution in [3.63, 3.8) is 0 Å². The third-order valence-electron chi connectivity index (χ3n) is 3.61. The Bertz CT molecular complexity index is 880. The number of hydrogen-bond acceptors (Lipinski definition) is 5. The Morgan fingerprint density at radius 1 is 1.19 bits per heavy atom. The van der Waals surface area contributed by atoms with Crippen LogP contribution in [0.25, 0.3) is 11.0 Å². The van der Waals surface area contributed by atoms with Gasteiger partial charge in [0.1, 0.15) is 12.3 Å². The highest BCUT2D eigenvalue weighted by Crippen LogP contribution is 2.24. The van der Waals surface area contributed by atoms with E-state index in [1.54, 1.807) is 30.8 Å². The number of hydrogen-bond donors (Lipinski definition) is 0. The molecule has 0 N–H and O–H groups in total. The highest BCUT2D eigenvalue weighted by atomic mass is 35.5. The van der Waals surface area contributed by atoms with E-state index in [0.717, 1.165) is 21.9 Å². The van der Waals surface area contributed by atoms with Crippen LogP contribution in [0.15, 0.2) is 53.7 Å². The van der Waals surface area contributed by atoms with Crippen molar-refractivity contribution < 1.29 is 14.3 Å². The van der Waals surface area contributed by atoms with Crippen LogP contribution in [-0.2, 0) is 16.1 Å². The van der Waals surface area contributed by atoms with E-state index in [0.29, 0.717) is 24.0 Å². The third-order valence-corrected chi connectivity index (χ3v) is 4.80. The van der Waals surface area contributed by atoms with Crippen LogP contribution in [0.3, 0.4) is 0 Å². The van der Waals surface area contributed by atoms with E-state index in [-0.39, 0.29) is 12.5 Å². The van der Waals surface area contributed by atoms with Crippen molar-refractivity contribution in [2.24, 2.45) is 0 Å². The van der Waals surface area contributed by atoms with E-state index in [1.807, 2.05) is 41.0 Å². The minimum Gasteiger partial charge on any atom is -0.493 e. The second-order valence-corrected chi connectivity index (χ2v) is 6.92. The van der Waals surface area contributed by atoms with E-state index < -0.39 is 0 Å². The summed E-state index contributed by atoms with van der Waals surface area (Å²) in [7, 11) is 0. The summed E-state index contributed by atoms with van der Waals surface area (Å²) in [5, 5.41) is 1.46. The minimum atomic E-state index is -0.269. The summed E-state index contributed by atoms with van der Waals surface area (Å²) >= 11 is 7.41. The van der Waals surface area contributed by atoms with Gasteiger partial charge in [-0.15, -0.1) is 0 Å². The number of para-hydroxylation sites is 2. The molecule has 26 heavy (non-hydrogen) atoms. The van der Waals surface area contributed by atoms with E-state index in [4.69, 9.17) is 21.1 Å². The fourth-order valence-electron chi connectivity index (χ4n) is 2.48. The van der Waals surface area contributed by atoms with Crippen molar-refractivity contribution in [3.8, 4) is 5.75 Å². The Labute approximate surface area is 161 Å². The predicted octanol–water partition coefficient (Wildman–Crippen LogP) is 4.42. The Kier molecular flexibility index (Phi) is 6.41. The summed E-state index contributed by atoms with van der Waals surface area (Å²) in [5.41, 5.74) is 1.78. The van der Waals surface area contributed by atoms with Crippen LogP contribution >= 0.6 is 23.4 Å². The number of ether oxygens (including phenoxy) is 2. The van der Waals surface area contributed by atoms with Crippen molar-refractivity contribution in [2.75, 3.05) is 19.0 Å². The number of aromatic nitrogens is 2. The van der Waals surface area contributed by atoms with Gasteiger partial charge < -0.3 is 14.0 Å². The minimum absolute atomic E-state index is 0.148. The fourth-order valence-corrected chi connectivity index (χ4v) is 3.43. The third kappa shape index (κ3) is 4.71. The number of benzene rings is 2. The lowest BCUT2D eigenvalue weighted by atomic mass is 10.3. The molecule has 0 radical (unpaired) electrons. The SMILES string of the molecule is CCOC(=O)Cn1c(SCCOc2ccc(Cl)cc2)nc2ccccc21. The maximum Gasteiger partial charge on any atom is 0.326 e. The van der Waals surface area contributed by atoms with E-state index in [2.05, 4.69) is 4.98 Å². The summed E-state index contributed by atoms with van der Waals surface area (Å²) < 4.78 is 12.7. The van der Waals surface area contributed by atoms with Crippen LogP contribution in [0.1, 0.15) is 6.92 Å². The molecule has 0 saturated heterocycles. The normalized spacial score (nSPS) is 10.8. The van der Waals surface area contributed by atoms with Crippen molar-refractivity contribution in [2.45, 2.75) is 18.6 Å². The zero-order chi connectivity index (χ0) is 18.4. The molecule has 7 heteroatoms. The zero-order valence-electron chi connectivity index (χ0n) is 14.4. The summed E-state index contributed by atoms with van der Waals surface area (Å²) in [6.45, 7) is 2.83. The number of nitrogens with zero attached hydrogens (tertiary/aromatic N) is 2. The summed E-state index contributed by atoms with van der Waals surface area (Å²) in [4.78, 5) is 16.6. The monoisotopic (exact) mass is 390 g/mol. The Morgan fingerprint density at radius 2 is 1.96 bits per heavy atom. The second kappa shape index (κ2) is 8.96. The van der Waals surface area contributed by atoms with Crippen LogP contribution in [0.5, 0.6) is 5.75 Å². The van der Waals surface area contributed by atoms with Crippen LogP contribution < -0.4 is 4.74 Å². The topological polar surface area (TPSA) is 53.4 Å². The molecule has 3 aromatic rings. The molecule has 0 aliphatic heterocycles. The number of rotatable bonds is 8. The molecular weight excluding hydrogens is 372 g/mol. The van der Waals surface area contributed by atoms with Gasteiger partial charge in [0.25, 0.3) is 0 Å². The number of imidazole rings is 1. The molecule has 0 saturated carbocycles. The molecule has 0 unspecified atom stereocenters. The van der Waals surface area contributed by atoms with E-state index in [1.165, 1.54) is 0 Å². The number of thioether (sulfide) groups is 1. The smallest absolute Gasteiger partial charge is 0.326 e. The van der Waals surface area contributed by atoms with Gasteiger partial charge in [-0.05, 0) is 43.3 Å². The molecule has 0 aliphatic carbocycles. The van der Waals surface area contributed by atoms with Gasteiger partial charge in [0.15, 0.2) is 5.16 Å². The standard InChI is InChI=1S/C19H19ClN2O3S/c1-2-24-18(23)13-22-17-6-4-3-5-16(17)21-19(22)26-12-11-25-15-9-7-14(20)8-10-15/h3-10H,2,11-13H2,1H3. The van der Waals surface area contributed by atoms with Crippen LogP contribution in [0.2, 0.25) is 5.02 Å². The fraction of sp³-hybridized carbons (Fsp3) is 0.263. The summed E-state index contributed by atoms with van der Waals surface area (Å²) in [5.74, 6) is 1.21. The van der Waals surface area contributed by atoms with Gasteiger partial charge >= 0.3 is 5.97 Å². The molecule has 1 heterocycles. The second-order valence-electron chi connectivity index (χ2n) is 5.43. The first-order valence-electron chi connectivity index (χ1n) is 8.29. The molecular formula is C19H19ClN2O3S. The Hall–Kier alpha value is -2.18. The molecule has 0 bridgehead atoms. The average Bonchev–Trinajstić information content (AvgIpc) is 2.98. The zero-order valence-corrected chi connectivity index (χ0v) is 15.9. The number of carbonyl (C=O) groups excluding carboxylic acids is 1. The van der Waals surface area contributed by atoms with Gasteiger partial charge in [-0.25, -0.2) is 4.98 Å². The van der Waals surface area contributed by atoms with Gasteiger partial charge in [-0.3, -0.25) is 4.79 Å². The molecule has 0 spiro atoms. The van der Waals surface area contributed by atoms with Crippen LogP contribution in [-0.4, -0.2) is 34.5 Å². The number of halogens is 1. The van der Waals surface area contributed by atoms with Gasteiger partial charge in [0.05, 0.1) is 24.2 Å². The first-order chi connectivity index (χ1) is 12.7. The van der Waals surface area contributed by atoms with Crippen molar-refractivity contribution in [1.82, 2.24) is 9.55 Å². The molecule has 2 aromatic carbocycles. The number of fused-ring (bicyclic) bond motifs is 1. The quantitative estimate of drug-likeness (QED) is 0.323. The maximum absolute atomic E-state index is 11.9. The lowest BCUT2D eigenvalue weighted by Crippen LogP contribution is -2.14. The largest absolute Gasteiger partial charge is 0.493 e.